The van der Waals surface area contributed by atoms with Gasteiger partial charge in [-0.2, -0.15) is 0 Å². The lowest BCUT2D eigenvalue weighted by Gasteiger charge is -2.11. The summed E-state index contributed by atoms with van der Waals surface area (Å²) in [5, 5.41) is 15.0. The summed E-state index contributed by atoms with van der Waals surface area (Å²) >= 11 is 5.24. The van der Waals surface area contributed by atoms with Crippen LogP contribution in [0.5, 0.6) is 0 Å². The van der Waals surface area contributed by atoms with Crippen molar-refractivity contribution in [2.75, 3.05) is 5.32 Å². The lowest BCUT2D eigenvalue weighted by Crippen LogP contribution is -2.34. The third kappa shape index (κ3) is 4.85. The number of anilines is 1. The minimum absolute atomic E-state index is 0.131. The second kappa shape index (κ2) is 8.82. The Bertz CT molecular complexity index is 960. The van der Waals surface area contributed by atoms with Gasteiger partial charge >= 0.3 is 0 Å². The number of rotatable bonds is 5. The second-order valence-corrected chi connectivity index (χ2v) is 7.09. The van der Waals surface area contributed by atoms with Crippen LogP contribution in [0.15, 0.2) is 65.1 Å². The Morgan fingerprint density at radius 1 is 1.04 bits per heavy atom. The summed E-state index contributed by atoms with van der Waals surface area (Å²) in [6.45, 7) is 4.08. The molecule has 0 bridgehead atoms. The Morgan fingerprint density at radius 3 is 2.29 bits per heavy atom. The number of furan rings is 1. The number of hydrogen-bond donors (Lipinski definition) is 3. The molecular weight excluding hydrogens is 372 g/mol. The molecule has 0 aliphatic rings. The number of hydrogen-bond acceptors (Lipinski definition) is 4. The smallest absolute Gasteiger partial charge is 0.257 e. The Labute approximate surface area is 169 Å². The molecule has 3 rings (SSSR count). The van der Waals surface area contributed by atoms with Gasteiger partial charge in [0.05, 0.1) is 0 Å². The molecule has 0 radical (unpaired) electrons. The maximum atomic E-state index is 12.3. The summed E-state index contributed by atoms with van der Waals surface area (Å²) in [6.07, 6.45) is 0. The van der Waals surface area contributed by atoms with Gasteiger partial charge in [-0.25, -0.2) is 0 Å². The van der Waals surface area contributed by atoms with Crippen LogP contribution in [0.2, 0.25) is 0 Å². The molecule has 0 unspecified atom stereocenters. The van der Waals surface area contributed by atoms with Crippen molar-refractivity contribution >= 4 is 28.9 Å². The zero-order valence-electron chi connectivity index (χ0n) is 15.7. The summed E-state index contributed by atoms with van der Waals surface area (Å²) in [7, 11) is 0. The molecule has 1 amide bonds. The highest BCUT2D eigenvalue weighted by atomic mass is 32.1. The quantitative estimate of drug-likeness (QED) is 0.548. The highest BCUT2D eigenvalue weighted by Gasteiger charge is 2.09. The van der Waals surface area contributed by atoms with Gasteiger partial charge in [-0.1, -0.05) is 26.0 Å². The number of amides is 1. The number of carbonyl (C=O) groups is 1. The van der Waals surface area contributed by atoms with Crippen LogP contribution in [0.3, 0.4) is 0 Å². The minimum atomic E-state index is -0.253. The average Bonchev–Trinajstić information content (AvgIpc) is 3.18. The van der Waals surface area contributed by atoms with Crippen molar-refractivity contribution in [3.05, 3.63) is 77.6 Å². The normalized spacial score (nSPS) is 10.7. The zero-order chi connectivity index (χ0) is 20.1. The maximum absolute atomic E-state index is 12.3. The lowest BCUT2D eigenvalue weighted by molar-refractivity contribution is 0.0977. The number of aliphatic hydroxyl groups is 1. The molecule has 3 N–H and O–H groups in total. The molecule has 28 heavy (non-hydrogen) atoms. The number of aliphatic hydroxyl groups excluding tert-OH is 1. The first-order valence-corrected chi connectivity index (χ1v) is 9.39. The SMILES string of the molecule is CC(C)c1ccc(C(=O)NC(=S)Nc2ccc(-c3ccc(CO)o3)cc2)cc1. The second-order valence-electron chi connectivity index (χ2n) is 6.69. The molecule has 0 fully saturated rings. The number of nitrogens with one attached hydrogen (secondary N) is 2. The molecular formula is C22H22N2O3S. The molecule has 0 aliphatic carbocycles. The van der Waals surface area contributed by atoms with Crippen LogP contribution in [0.25, 0.3) is 11.3 Å². The van der Waals surface area contributed by atoms with E-state index < -0.39 is 0 Å². The van der Waals surface area contributed by atoms with Gasteiger partial charge in [-0.15, -0.1) is 0 Å². The standard InChI is InChI=1S/C22H22N2O3S/c1-14(2)15-3-5-17(6-4-15)21(26)24-22(28)23-18-9-7-16(8-10-18)20-12-11-19(13-25)27-20/h3-12,14,25H,13H2,1-2H3,(H2,23,24,26,28). The predicted molar refractivity (Wildman–Crippen MR) is 114 cm³/mol. The zero-order valence-corrected chi connectivity index (χ0v) is 16.5. The lowest BCUT2D eigenvalue weighted by atomic mass is 10.0. The Hall–Kier alpha value is -2.96. The molecule has 1 heterocycles. The third-order valence-corrected chi connectivity index (χ3v) is 4.52. The first-order valence-electron chi connectivity index (χ1n) is 8.98. The fourth-order valence-electron chi connectivity index (χ4n) is 2.69. The van der Waals surface area contributed by atoms with E-state index in [0.29, 0.717) is 23.0 Å². The monoisotopic (exact) mass is 394 g/mol. The van der Waals surface area contributed by atoms with E-state index in [9.17, 15) is 4.79 Å². The van der Waals surface area contributed by atoms with Gasteiger partial charge in [0.1, 0.15) is 18.1 Å². The van der Waals surface area contributed by atoms with Gasteiger partial charge in [0.2, 0.25) is 0 Å². The molecule has 1 aromatic heterocycles. The molecule has 3 aromatic rings. The molecule has 6 heteroatoms. The van der Waals surface area contributed by atoms with E-state index in [4.69, 9.17) is 21.7 Å². The first-order chi connectivity index (χ1) is 13.5. The summed E-state index contributed by atoms with van der Waals surface area (Å²) in [4.78, 5) is 12.3. The van der Waals surface area contributed by atoms with Crippen molar-refractivity contribution in [1.29, 1.82) is 0 Å². The molecule has 0 aliphatic heterocycles. The van der Waals surface area contributed by atoms with Crippen LogP contribution in [0.4, 0.5) is 5.69 Å². The molecule has 0 saturated carbocycles. The van der Waals surface area contributed by atoms with Crippen molar-refractivity contribution in [2.45, 2.75) is 26.4 Å². The third-order valence-electron chi connectivity index (χ3n) is 4.31. The van der Waals surface area contributed by atoms with Gasteiger partial charge in [0, 0.05) is 16.8 Å². The van der Waals surface area contributed by atoms with Crippen LogP contribution in [0.1, 0.15) is 41.4 Å². The van der Waals surface area contributed by atoms with E-state index in [1.165, 1.54) is 5.56 Å². The molecule has 2 aromatic carbocycles. The van der Waals surface area contributed by atoms with E-state index in [1.807, 2.05) is 42.5 Å². The van der Waals surface area contributed by atoms with Gasteiger partial charge in [0.25, 0.3) is 5.91 Å². The van der Waals surface area contributed by atoms with E-state index in [1.54, 1.807) is 18.2 Å². The van der Waals surface area contributed by atoms with Gasteiger partial charge < -0.3 is 14.8 Å². The van der Waals surface area contributed by atoms with Gasteiger partial charge in [0.15, 0.2) is 5.11 Å². The maximum Gasteiger partial charge on any atom is 0.257 e. The van der Waals surface area contributed by atoms with Crippen molar-refractivity contribution < 1.29 is 14.3 Å². The van der Waals surface area contributed by atoms with Gasteiger partial charge in [-0.05, 0) is 72.2 Å². The summed E-state index contributed by atoms with van der Waals surface area (Å²) in [5.41, 5.74) is 3.37. The Kier molecular flexibility index (Phi) is 6.23. The number of carbonyl (C=O) groups excluding carboxylic acids is 1. The van der Waals surface area contributed by atoms with E-state index >= 15 is 0 Å². The van der Waals surface area contributed by atoms with Crippen LogP contribution >= 0.6 is 12.2 Å². The van der Waals surface area contributed by atoms with Crippen LogP contribution in [0, 0.1) is 0 Å². The highest BCUT2D eigenvalue weighted by molar-refractivity contribution is 7.80. The number of benzene rings is 2. The van der Waals surface area contributed by atoms with Crippen molar-refractivity contribution in [1.82, 2.24) is 5.32 Å². The first kappa shape index (κ1) is 19.8. The summed E-state index contributed by atoms with van der Waals surface area (Å²) < 4.78 is 5.51. The summed E-state index contributed by atoms with van der Waals surface area (Å²) in [6, 6.07) is 18.5. The molecule has 144 valence electrons. The Morgan fingerprint density at radius 2 is 1.71 bits per heavy atom. The minimum Gasteiger partial charge on any atom is -0.459 e. The van der Waals surface area contributed by atoms with Crippen LogP contribution in [-0.4, -0.2) is 16.1 Å². The fourth-order valence-corrected chi connectivity index (χ4v) is 2.90. The topological polar surface area (TPSA) is 74.5 Å². The van der Waals surface area contributed by atoms with Crippen molar-refractivity contribution in [3.8, 4) is 11.3 Å². The van der Waals surface area contributed by atoms with Crippen molar-refractivity contribution in [2.24, 2.45) is 0 Å². The number of thiocarbonyl (C=S) groups is 1. The van der Waals surface area contributed by atoms with E-state index in [2.05, 4.69) is 24.5 Å². The van der Waals surface area contributed by atoms with Crippen molar-refractivity contribution in [3.63, 3.8) is 0 Å². The average molecular weight is 394 g/mol. The van der Waals surface area contributed by atoms with E-state index in [0.717, 1.165) is 11.3 Å². The fraction of sp³-hybridized carbons (Fsp3) is 0.182. The Balaban J connectivity index is 1.59. The molecule has 5 nitrogen and oxygen atoms in total. The van der Waals surface area contributed by atoms with E-state index in [-0.39, 0.29) is 17.6 Å². The molecule has 0 saturated heterocycles. The van der Waals surface area contributed by atoms with Crippen LogP contribution < -0.4 is 10.6 Å². The summed E-state index contributed by atoms with van der Waals surface area (Å²) in [5.74, 6) is 1.36. The molecule has 0 atom stereocenters. The van der Waals surface area contributed by atoms with Gasteiger partial charge in [-0.3, -0.25) is 10.1 Å². The largest absolute Gasteiger partial charge is 0.459 e. The van der Waals surface area contributed by atoms with Crippen LogP contribution in [-0.2, 0) is 6.61 Å². The molecule has 0 spiro atoms. The predicted octanol–water partition coefficient (Wildman–Crippen LogP) is 4.69. The highest BCUT2D eigenvalue weighted by Crippen LogP contribution is 2.24.